The van der Waals surface area contributed by atoms with Crippen molar-refractivity contribution in [2.75, 3.05) is 5.32 Å². The molecule has 1 aromatic heterocycles. The Morgan fingerprint density at radius 2 is 2.06 bits per heavy atom. The molecule has 0 fully saturated rings. The quantitative estimate of drug-likeness (QED) is 0.863. The molecule has 1 heterocycles. The molecule has 0 radical (unpaired) electrons. The highest BCUT2D eigenvalue weighted by atomic mass is 19.1. The number of nitrogens with one attached hydrogen (secondary N) is 1. The van der Waals surface area contributed by atoms with Crippen molar-refractivity contribution in [3.05, 3.63) is 47.9 Å². The van der Waals surface area contributed by atoms with Gasteiger partial charge >= 0.3 is 0 Å². The van der Waals surface area contributed by atoms with Crippen LogP contribution in [0.4, 0.5) is 20.3 Å². The number of benzene rings is 1. The van der Waals surface area contributed by atoms with Gasteiger partial charge in [0.2, 0.25) is 0 Å². The van der Waals surface area contributed by atoms with Crippen molar-refractivity contribution < 1.29 is 8.78 Å². The highest BCUT2D eigenvalue weighted by Gasteiger charge is 2.09. The molecule has 4 nitrogen and oxygen atoms in total. The first-order valence-corrected chi connectivity index (χ1v) is 4.63. The van der Waals surface area contributed by atoms with Gasteiger partial charge in [0.1, 0.15) is 29.8 Å². The zero-order valence-electron chi connectivity index (χ0n) is 8.48. The van der Waals surface area contributed by atoms with Crippen LogP contribution in [-0.2, 0) is 0 Å². The predicted molar refractivity (Wildman–Crippen MR) is 56.4 cm³/mol. The smallest absolute Gasteiger partial charge is 0.148 e. The van der Waals surface area contributed by atoms with Crippen LogP contribution < -0.4 is 5.32 Å². The first-order valence-electron chi connectivity index (χ1n) is 4.63. The van der Waals surface area contributed by atoms with Gasteiger partial charge in [-0.3, -0.25) is 0 Å². The van der Waals surface area contributed by atoms with Gasteiger partial charge in [-0.05, 0) is 12.1 Å². The SMILES string of the molecule is N#Cc1cc(F)c(Nc2ccncn2)cc1F. The maximum Gasteiger partial charge on any atom is 0.148 e. The van der Waals surface area contributed by atoms with Crippen LogP contribution in [0.15, 0.2) is 30.7 Å². The van der Waals surface area contributed by atoms with E-state index in [0.29, 0.717) is 5.82 Å². The predicted octanol–water partition coefficient (Wildman–Crippen LogP) is 2.37. The van der Waals surface area contributed by atoms with Crippen LogP contribution in [0.25, 0.3) is 0 Å². The Balaban J connectivity index is 2.35. The molecule has 0 saturated heterocycles. The van der Waals surface area contributed by atoms with E-state index in [2.05, 4.69) is 15.3 Å². The van der Waals surface area contributed by atoms with E-state index in [1.54, 1.807) is 6.07 Å². The van der Waals surface area contributed by atoms with Gasteiger partial charge in [0.05, 0.1) is 11.3 Å². The van der Waals surface area contributed by atoms with E-state index in [-0.39, 0.29) is 11.3 Å². The van der Waals surface area contributed by atoms with Crippen LogP contribution in [0.3, 0.4) is 0 Å². The minimum absolute atomic E-state index is 0.0831. The summed E-state index contributed by atoms with van der Waals surface area (Å²) in [5, 5.41) is 11.1. The van der Waals surface area contributed by atoms with Gasteiger partial charge in [-0.2, -0.15) is 5.26 Å². The van der Waals surface area contributed by atoms with Crippen LogP contribution in [-0.4, -0.2) is 9.97 Å². The highest BCUT2D eigenvalue weighted by Crippen LogP contribution is 2.21. The third-order valence-corrected chi connectivity index (χ3v) is 2.02. The van der Waals surface area contributed by atoms with Crippen LogP contribution >= 0.6 is 0 Å². The van der Waals surface area contributed by atoms with E-state index < -0.39 is 11.6 Å². The number of anilines is 2. The zero-order valence-corrected chi connectivity index (χ0v) is 8.48. The minimum atomic E-state index is -0.787. The van der Waals surface area contributed by atoms with Gasteiger partial charge in [-0.15, -0.1) is 0 Å². The fourth-order valence-electron chi connectivity index (χ4n) is 1.23. The van der Waals surface area contributed by atoms with Gasteiger partial charge in [-0.25, -0.2) is 18.7 Å². The zero-order chi connectivity index (χ0) is 12.3. The molecule has 0 aliphatic rings. The number of halogens is 2. The van der Waals surface area contributed by atoms with Crippen molar-refractivity contribution in [1.29, 1.82) is 5.26 Å². The lowest BCUT2D eigenvalue weighted by atomic mass is 10.2. The molecule has 2 aromatic rings. The topological polar surface area (TPSA) is 61.6 Å². The molecule has 6 heteroatoms. The van der Waals surface area contributed by atoms with Gasteiger partial charge in [0.25, 0.3) is 0 Å². The molecule has 1 aromatic carbocycles. The standard InChI is InChI=1S/C11H6F2N4/c12-8-4-10(9(13)3-7(8)5-14)17-11-1-2-15-6-16-11/h1-4,6H,(H,15,16,17). The van der Waals surface area contributed by atoms with Gasteiger partial charge < -0.3 is 5.32 Å². The third-order valence-electron chi connectivity index (χ3n) is 2.02. The van der Waals surface area contributed by atoms with E-state index in [0.717, 1.165) is 12.1 Å². The first-order chi connectivity index (χ1) is 8.20. The molecule has 84 valence electrons. The Labute approximate surface area is 95.6 Å². The van der Waals surface area contributed by atoms with Crippen molar-refractivity contribution in [3.63, 3.8) is 0 Å². The molecular formula is C11H6F2N4. The molecule has 0 unspecified atom stereocenters. The summed E-state index contributed by atoms with van der Waals surface area (Å²) in [6, 6.07) is 4.81. The van der Waals surface area contributed by atoms with E-state index >= 15 is 0 Å². The van der Waals surface area contributed by atoms with Crippen LogP contribution in [0.5, 0.6) is 0 Å². The van der Waals surface area contributed by atoms with E-state index in [1.807, 2.05) is 0 Å². The van der Waals surface area contributed by atoms with E-state index in [1.165, 1.54) is 18.6 Å². The van der Waals surface area contributed by atoms with Crippen molar-refractivity contribution in [2.24, 2.45) is 0 Å². The Morgan fingerprint density at radius 3 is 2.71 bits per heavy atom. The van der Waals surface area contributed by atoms with Crippen molar-refractivity contribution >= 4 is 11.5 Å². The molecular weight excluding hydrogens is 226 g/mol. The summed E-state index contributed by atoms with van der Waals surface area (Å²) in [6.07, 6.45) is 2.74. The van der Waals surface area contributed by atoms with Gasteiger partial charge in [0, 0.05) is 12.3 Å². The van der Waals surface area contributed by atoms with Crippen molar-refractivity contribution in [1.82, 2.24) is 9.97 Å². The number of hydrogen-bond acceptors (Lipinski definition) is 4. The van der Waals surface area contributed by atoms with Crippen molar-refractivity contribution in [2.45, 2.75) is 0 Å². The molecule has 1 N–H and O–H groups in total. The molecule has 0 atom stereocenters. The monoisotopic (exact) mass is 232 g/mol. The maximum absolute atomic E-state index is 13.5. The fraction of sp³-hybridized carbons (Fsp3) is 0. The summed E-state index contributed by atoms with van der Waals surface area (Å²) < 4.78 is 26.8. The number of rotatable bonds is 2. The maximum atomic E-state index is 13.5. The first kappa shape index (κ1) is 11.0. The number of aromatic nitrogens is 2. The Hall–Kier alpha value is -2.55. The number of nitrogens with zero attached hydrogens (tertiary/aromatic N) is 3. The normalized spacial score (nSPS) is 9.71. The Kier molecular flexibility index (Phi) is 2.92. The summed E-state index contributed by atoms with van der Waals surface area (Å²) in [4.78, 5) is 7.50. The summed E-state index contributed by atoms with van der Waals surface area (Å²) >= 11 is 0. The Morgan fingerprint density at radius 1 is 1.24 bits per heavy atom. The highest BCUT2D eigenvalue weighted by molar-refractivity contribution is 5.58. The molecule has 2 rings (SSSR count). The Bertz CT molecular complexity index is 578. The average Bonchev–Trinajstić information content (AvgIpc) is 2.34. The molecule has 0 aliphatic carbocycles. The second kappa shape index (κ2) is 4.53. The van der Waals surface area contributed by atoms with Crippen LogP contribution in [0.1, 0.15) is 5.56 Å². The average molecular weight is 232 g/mol. The molecule has 0 amide bonds. The summed E-state index contributed by atoms with van der Waals surface area (Å²) in [5.74, 6) is -1.17. The fourth-order valence-corrected chi connectivity index (χ4v) is 1.23. The lowest BCUT2D eigenvalue weighted by molar-refractivity contribution is 0.600. The van der Waals surface area contributed by atoms with E-state index in [4.69, 9.17) is 5.26 Å². The molecule has 17 heavy (non-hydrogen) atoms. The minimum Gasteiger partial charge on any atom is -0.338 e. The summed E-state index contributed by atoms with van der Waals surface area (Å²) in [6.45, 7) is 0. The lowest BCUT2D eigenvalue weighted by Crippen LogP contribution is -1.98. The molecule has 0 aliphatic heterocycles. The van der Waals surface area contributed by atoms with Crippen LogP contribution in [0.2, 0.25) is 0 Å². The second-order valence-corrected chi connectivity index (χ2v) is 3.14. The number of nitriles is 1. The van der Waals surface area contributed by atoms with Crippen molar-refractivity contribution in [3.8, 4) is 6.07 Å². The van der Waals surface area contributed by atoms with Gasteiger partial charge in [-0.1, -0.05) is 0 Å². The molecule has 0 bridgehead atoms. The molecule has 0 spiro atoms. The third kappa shape index (κ3) is 2.34. The van der Waals surface area contributed by atoms with Crippen LogP contribution in [0, 0.1) is 23.0 Å². The lowest BCUT2D eigenvalue weighted by Gasteiger charge is -2.06. The molecule has 0 saturated carbocycles. The largest absolute Gasteiger partial charge is 0.338 e. The summed E-state index contributed by atoms with van der Waals surface area (Å²) in [5.41, 5.74) is -0.420. The number of hydrogen-bond donors (Lipinski definition) is 1. The second-order valence-electron chi connectivity index (χ2n) is 3.14. The summed E-state index contributed by atoms with van der Waals surface area (Å²) in [7, 11) is 0. The van der Waals surface area contributed by atoms with Gasteiger partial charge in [0.15, 0.2) is 0 Å². The van der Waals surface area contributed by atoms with E-state index in [9.17, 15) is 8.78 Å².